The molecule has 10 nitrogen and oxygen atoms in total. The highest BCUT2D eigenvalue weighted by Crippen LogP contribution is 2.35. The molecule has 3 aliphatic heterocycles. The van der Waals surface area contributed by atoms with Crippen molar-refractivity contribution in [2.75, 3.05) is 44.8 Å². The first-order chi connectivity index (χ1) is 21.5. The van der Waals surface area contributed by atoms with Gasteiger partial charge in [0, 0.05) is 44.4 Å². The Kier molecular flexibility index (Phi) is 7.62. The molecule has 1 unspecified atom stereocenters. The van der Waals surface area contributed by atoms with E-state index in [0.29, 0.717) is 35.4 Å². The van der Waals surface area contributed by atoms with E-state index < -0.39 is 5.82 Å². The summed E-state index contributed by atoms with van der Waals surface area (Å²) in [6.45, 7) is 5.99. The first-order valence-electron chi connectivity index (χ1n) is 14.9. The van der Waals surface area contributed by atoms with Crippen LogP contribution in [-0.2, 0) is 29.2 Å². The fourth-order valence-corrected chi connectivity index (χ4v) is 6.53. The van der Waals surface area contributed by atoms with Crippen LogP contribution in [0.25, 0.3) is 11.0 Å². The minimum Gasteiger partial charge on any atom is -0.473 e. The van der Waals surface area contributed by atoms with E-state index >= 15 is 0 Å². The first-order valence-corrected chi connectivity index (χ1v) is 14.9. The summed E-state index contributed by atoms with van der Waals surface area (Å²) in [4.78, 5) is 26.7. The summed E-state index contributed by atoms with van der Waals surface area (Å²) in [6, 6.07) is 17.5. The number of ether oxygens (including phenoxy) is 3. The van der Waals surface area contributed by atoms with Gasteiger partial charge in [0.15, 0.2) is 0 Å². The average Bonchev–Trinajstić information content (AvgIpc) is 3.69. The van der Waals surface area contributed by atoms with Crippen molar-refractivity contribution in [3.63, 3.8) is 0 Å². The van der Waals surface area contributed by atoms with E-state index in [1.807, 2.05) is 30.3 Å². The number of hydrogen-bond acceptors (Lipinski definition) is 9. The Hall–Kier alpha value is -4.53. The van der Waals surface area contributed by atoms with Gasteiger partial charge in [-0.2, -0.15) is 10.2 Å². The summed E-state index contributed by atoms with van der Waals surface area (Å²) in [5, 5.41) is 8.96. The number of carbonyl (C=O) groups is 1. The summed E-state index contributed by atoms with van der Waals surface area (Å²) >= 11 is 0. The molecule has 7 rings (SSSR count). The van der Waals surface area contributed by atoms with E-state index in [1.165, 1.54) is 13.2 Å². The molecule has 3 atom stereocenters. The van der Waals surface area contributed by atoms with Gasteiger partial charge in [0.05, 0.1) is 54.5 Å². The third-order valence-corrected chi connectivity index (χ3v) is 8.95. The predicted octanol–water partition coefficient (Wildman–Crippen LogP) is 4.16. The highest BCUT2D eigenvalue weighted by atomic mass is 19.1. The van der Waals surface area contributed by atoms with Gasteiger partial charge in [-0.1, -0.05) is 12.1 Å². The molecule has 2 aromatic heterocycles. The number of methoxy groups -OCH3 is 1. The number of imidazole rings is 1. The number of esters is 1. The predicted molar refractivity (Wildman–Crippen MR) is 160 cm³/mol. The van der Waals surface area contributed by atoms with Crippen LogP contribution in [0.1, 0.15) is 33.7 Å². The van der Waals surface area contributed by atoms with Crippen LogP contribution in [0.15, 0.2) is 54.6 Å². The molecular formula is C33H33FN6O4. The zero-order valence-corrected chi connectivity index (χ0v) is 24.5. The number of nitriles is 1. The van der Waals surface area contributed by atoms with Gasteiger partial charge in [0.2, 0.25) is 5.88 Å². The normalized spacial score (nSPS) is 21.2. The van der Waals surface area contributed by atoms with Crippen molar-refractivity contribution in [2.45, 2.75) is 32.2 Å². The van der Waals surface area contributed by atoms with Crippen LogP contribution in [0.2, 0.25) is 0 Å². The number of nitrogens with zero attached hydrogens (tertiary/aromatic N) is 6. The van der Waals surface area contributed by atoms with Crippen molar-refractivity contribution in [2.24, 2.45) is 11.8 Å². The Balaban J connectivity index is 1.00. The minimum atomic E-state index is -0.463. The minimum absolute atomic E-state index is 0.0376. The molecule has 11 heteroatoms. The molecule has 0 amide bonds. The molecule has 5 heterocycles. The van der Waals surface area contributed by atoms with Crippen LogP contribution in [0.5, 0.6) is 5.88 Å². The summed E-state index contributed by atoms with van der Waals surface area (Å²) in [5.74, 6) is 2.47. The zero-order chi connectivity index (χ0) is 30.2. The Labute approximate surface area is 254 Å². The topological polar surface area (TPSA) is 106 Å². The lowest BCUT2D eigenvalue weighted by Crippen LogP contribution is -2.33. The first kappa shape index (κ1) is 28.3. The average molecular weight is 597 g/mol. The van der Waals surface area contributed by atoms with E-state index in [0.717, 1.165) is 68.4 Å². The number of halogens is 1. The van der Waals surface area contributed by atoms with Gasteiger partial charge in [-0.25, -0.2) is 14.2 Å². The fourth-order valence-electron chi connectivity index (χ4n) is 6.53. The number of rotatable bonds is 9. The maximum Gasteiger partial charge on any atom is 0.337 e. The third kappa shape index (κ3) is 5.58. The standard InChI is InChI=1S/C33H33FN6O4/c1-42-33(41)22-7-8-28-29(12-22)40(18-26-9-10-43-26)31(36-28)19-38-14-24-16-39(17-25(24)15-38)30-3-2-4-32(37-30)44-20-23-6-5-21(13-35)11-27(23)34/h2-8,11-12,24-26H,9-10,14-20H2,1H3/t24-,25?,26+/m1/s1. The van der Waals surface area contributed by atoms with E-state index in [4.69, 9.17) is 29.4 Å². The monoisotopic (exact) mass is 596 g/mol. The zero-order valence-electron chi connectivity index (χ0n) is 24.5. The van der Waals surface area contributed by atoms with E-state index in [9.17, 15) is 9.18 Å². The second-order valence-corrected chi connectivity index (χ2v) is 11.8. The second-order valence-electron chi connectivity index (χ2n) is 11.8. The summed E-state index contributed by atoms with van der Waals surface area (Å²) in [7, 11) is 1.39. The summed E-state index contributed by atoms with van der Waals surface area (Å²) in [5.41, 5.74) is 2.97. The summed E-state index contributed by atoms with van der Waals surface area (Å²) < 4.78 is 33.0. The molecule has 226 valence electrons. The fraction of sp³-hybridized carbons (Fsp3) is 0.394. The van der Waals surface area contributed by atoms with Gasteiger partial charge in [0.25, 0.3) is 0 Å². The lowest BCUT2D eigenvalue weighted by atomic mass is 10.0. The van der Waals surface area contributed by atoms with Gasteiger partial charge >= 0.3 is 5.97 Å². The van der Waals surface area contributed by atoms with Crippen molar-refractivity contribution >= 4 is 22.8 Å². The lowest BCUT2D eigenvalue weighted by molar-refractivity contribution is -0.0591. The highest BCUT2D eigenvalue weighted by Gasteiger charge is 2.41. The third-order valence-electron chi connectivity index (χ3n) is 8.95. The number of likely N-dealkylation sites (tertiary alicyclic amines) is 1. The molecule has 0 N–H and O–H groups in total. The van der Waals surface area contributed by atoms with E-state index in [1.54, 1.807) is 24.3 Å². The number of anilines is 1. The largest absolute Gasteiger partial charge is 0.473 e. The van der Waals surface area contributed by atoms with Crippen molar-refractivity contribution in [1.29, 1.82) is 5.26 Å². The van der Waals surface area contributed by atoms with Gasteiger partial charge in [-0.15, -0.1) is 0 Å². The molecule has 0 aliphatic carbocycles. The maximum absolute atomic E-state index is 14.3. The smallest absolute Gasteiger partial charge is 0.337 e. The maximum atomic E-state index is 14.3. The number of fused-ring (bicyclic) bond motifs is 2. The lowest BCUT2D eigenvalue weighted by Gasteiger charge is -2.28. The Bertz CT molecular complexity index is 1730. The Morgan fingerprint density at radius 2 is 1.91 bits per heavy atom. The second kappa shape index (κ2) is 11.9. The number of carbonyl (C=O) groups excluding carboxylic acids is 1. The number of benzene rings is 2. The molecule has 0 radical (unpaired) electrons. The molecule has 0 spiro atoms. The van der Waals surface area contributed by atoms with Crippen LogP contribution in [0.3, 0.4) is 0 Å². The molecule has 3 saturated heterocycles. The van der Waals surface area contributed by atoms with E-state index in [2.05, 4.69) is 14.4 Å². The molecule has 0 saturated carbocycles. The molecule has 3 fully saturated rings. The van der Waals surface area contributed by atoms with Gasteiger partial charge < -0.3 is 23.7 Å². The van der Waals surface area contributed by atoms with Gasteiger partial charge in [-0.3, -0.25) is 4.90 Å². The summed E-state index contributed by atoms with van der Waals surface area (Å²) in [6.07, 6.45) is 1.18. The van der Waals surface area contributed by atoms with Crippen molar-refractivity contribution in [3.05, 3.63) is 82.9 Å². The Morgan fingerprint density at radius 1 is 1.09 bits per heavy atom. The molecule has 3 aliphatic rings. The van der Waals surface area contributed by atoms with Crippen LogP contribution in [-0.4, -0.2) is 71.4 Å². The molecule has 2 aromatic carbocycles. The van der Waals surface area contributed by atoms with Crippen LogP contribution < -0.4 is 9.64 Å². The quantitative estimate of drug-likeness (QED) is 0.263. The Morgan fingerprint density at radius 3 is 2.61 bits per heavy atom. The molecule has 44 heavy (non-hydrogen) atoms. The SMILES string of the molecule is COC(=O)c1ccc2nc(CN3CC4CN(c5cccc(OCc6ccc(C#N)cc6F)n5)C[C@H]4C3)n(C[C@@H]3CCO3)c2c1. The van der Waals surface area contributed by atoms with Gasteiger partial charge in [-0.05, 0) is 54.7 Å². The molecule has 0 bridgehead atoms. The molecular weight excluding hydrogens is 563 g/mol. The number of aromatic nitrogens is 3. The van der Waals surface area contributed by atoms with Crippen LogP contribution in [0, 0.1) is 29.0 Å². The number of pyridine rings is 1. The van der Waals surface area contributed by atoms with Crippen molar-refractivity contribution in [1.82, 2.24) is 19.4 Å². The number of hydrogen-bond donors (Lipinski definition) is 0. The van der Waals surface area contributed by atoms with Crippen molar-refractivity contribution in [3.8, 4) is 11.9 Å². The molecule has 4 aromatic rings. The highest BCUT2D eigenvalue weighted by molar-refractivity contribution is 5.93. The van der Waals surface area contributed by atoms with Crippen LogP contribution in [0.4, 0.5) is 10.2 Å². The van der Waals surface area contributed by atoms with E-state index in [-0.39, 0.29) is 24.2 Å². The van der Waals surface area contributed by atoms with Gasteiger partial charge in [0.1, 0.15) is 24.1 Å². The van der Waals surface area contributed by atoms with Crippen molar-refractivity contribution < 1.29 is 23.4 Å². The van der Waals surface area contributed by atoms with Crippen LogP contribution >= 0.6 is 0 Å².